The highest BCUT2D eigenvalue weighted by Gasteiger charge is 2.05. The van der Waals surface area contributed by atoms with Gasteiger partial charge in [-0.05, 0) is 17.7 Å². The normalized spacial score (nSPS) is 10.1. The summed E-state index contributed by atoms with van der Waals surface area (Å²) in [5.74, 6) is 0. The number of anilines is 1. The Morgan fingerprint density at radius 3 is 2.83 bits per heavy atom. The highest BCUT2D eigenvalue weighted by atomic mass is 35.5. The third-order valence-corrected chi connectivity index (χ3v) is 3.10. The van der Waals surface area contributed by atoms with Gasteiger partial charge in [0.25, 0.3) is 0 Å². The van der Waals surface area contributed by atoms with Gasteiger partial charge in [0.2, 0.25) is 0 Å². The fourth-order valence-corrected chi connectivity index (χ4v) is 1.96. The van der Waals surface area contributed by atoms with Crippen LogP contribution in [-0.4, -0.2) is 9.97 Å². The van der Waals surface area contributed by atoms with Gasteiger partial charge in [-0.1, -0.05) is 42.0 Å². The van der Waals surface area contributed by atoms with Crippen LogP contribution >= 0.6 is 23.8 Å². The Bertz CT molecular complexity index is 572. The Labute approximate surface area is 116 Å². The lowest BCUT2D eigenvalue weighted by Gasteiger charge is -2.11. The van der Waals surface area contributed by atoms with Crippen molar-refractivity contribution in [3.05, 3.63) is 58.9 Å². The largest absolute Gasteiger partial charge is 0.389 e. The van der Waals surface area contributed by atoms with E-state index in [4.69, 9.17) is 29.6 Å². The number of benzene rings is 1. The van der Waals surface area contributed by atoms with Crippen LogP contribution < -0.4 is 11.1 Å². The standard InChI is InChI=1S/C13H12ClN3S/c14-11-4-2-1-3-9(11)7-17-12-8-16-6-5-10(12)13(15)18/h1-6,8,17H,7H2,(H2,15,18). The van der Waals surface area contributed by atoms with Crippen LogP contribution in [0.1, 0.15) is 11.1 Å². The third kappa shape index (κ3) is 2.97. The first-order chi connectivity index (χ1) is 8.68. The van der Waals surface area contributed by atoms with Crippen molar-refractivity contribution in [1.82, 2.24) is 4.98 Å². The molecule has 18 heavy (non-hydrogen) atoms. The smallest absolute Gasteiger partial charge is 0.106 e. The van der Waals surface area contributed by atoms with E-state index in [1.807, 2.05) is 24.3 Å². The van der Waals surface area contributed by atoms with Gasteiger partial charge < -0.3 is 11.1 Å². The molecule has 2 aromatic rings. The van der Waals surface area contributed by atoms with Crippen LogP contribution in [0, 0.1) is 0 Å². The van der Waals surface area contributed by atoms with E-state index in [0.29, 0.717) is 11.5 Å². The molecule has 0 aliphatic rings. The highest BCUT2D eigenvalue weighted by molar-refractivity contribution is 7.80. The summed E-state index contributed by atoms with van der Waals surface area (Å²) < 4.78 is 0. The molecule has 0 aliphatic heterocycles. The number of nitrogens with one attached hydrogen (secondary N) is 1. The van der Waals surface area contributed by atoms with Crippen LogP contribution in [0.4, 0.5) is 5.69 Å². The predicted molar refractivity (Wildman–Crippen MR) is 78.9 cm³/mol. The molecule has 0 saturated carbocycles. The van der Waals surface area contributed by atoms with Gasteiger partial charge in [-0.2, -0.15) is 0 Å². The van der Waals surface area contributed by atoms with Crippen LogP contribution in [-0.2, 0) is 6.54 Å². The summed E-state index contributed by atoms with van der Waals surface area (Å²) in [6.07, 6.45) is 3.36. The molecule has 1 aromatic carbocycles. The van der Waals surface area contributed by atoms with Crippen molar-refractivity contribution in [2.24, 2.45) is 5.73 Å². The van der Waals surface area contributed by atoms with Crippen molar-refractivity contribution in [2.75, 3.05) is 5.32 Å². The average molecular weight is 278 g/mol. The summed E-state index contributed by atoms with van der Waals surface area (Å²) >= 11 is 11.1. The van der Waals surface area contributed by atoms with E-state index in [1.165, 1.54) is 0 Å². The third-order valence-electron chi connectivity index (χ3n) is 2.51. The Kier molecular flexibility index (Phi) is 4.12. The molecular weight excluding hydrogens is 266 g/mol. The Morgan fingerprint density at radius 1 is 1.33 bits per heavy atom. The highest BCUT2D eigenvalue weighted by Crippen LogP contribution is 2.18. The number of hydrogen-bond acceptors (Lipinski definition) is 3. The van der Waals surface area contributed by atoms with Crippen LogP contribution in [0.25, 0.3) is 0 Å². The number of pyridine rings is 1. The van der Waals surface area contributed by atoms with Crippen molar-refractivity contribution < 1.29 is 0 Å². The number of halogens is 1. The summed E-state index contributed by atoms with van der Waals surface area (Å²) in [6.45, 7) is 0.598. The quantitative estimate of drug-likeness (QED) is 0.844. The van der Waals surface area contributed by atoms with Crippen molar-refractivity contribution in [2.45, 2.75) is 6.54 Å². The topological polar surface area (TPSA) is 50.9 Å². The van der Waals surface area contributed by atoms with E-state index in [-0.39, 0.29) is 0 Å². The SMILES string of the molecule is NC(=S)c1ccncc1NCc1ccccc1Cl. The maximum atomic E-state index is 6.09. The molecule has 3 nitrogen and oxygen atoms in total. The molecule has 0 atom stereocenters. The fraction of sp³-hybridized carbons (Fsp3) is 0.0769. The van der Waals surface area contributed by atoms with Gasteiger partial charge in [0.15, 0.2) is 0 Å². The minimum atomic E-state index is 0.346. The number of aromatic nitrogens is 1. The molecule has 0 spiro atoms. The Morgan fingerprint density at radius 2 is 2.11 bits per heavy atom. The molecule has 0 bridgehead atoms. The van der Waals surface area contributed by atoms with E-state index < -0.39 is 0 Å². The molecule has 1 aromatic heterocycles. The molecule has 0 aliphatic carbocycles. The molecule has 1 heterocycles. The second kappa shape index (κ2) is 5.80. The molecular formula is C13H12ClN3S. The van der Waals surface area contributed by atoms with Gasteiger partial charge in [0.05, 0.1) is 11.9 Å². The van der Waals surface area contributed by atoms with E-state index in [2.05, 4.69) is 10.3 Å². The number of hydrogen-bond donors (Lipinski definition) is 2. The average Bonchev–Trinajstić information content (AvgIpc) is 2.38. The first-order valence-electron chi connectivity index (χ1n) is 5.39. The summed E-state index contributed by atoms with van der Waals surface area (Å²) in [6, 6.07) is 9.46. The van der Waals surface area contributed by atoms with Crippen LogP contribution in [0.15, 0.2) is 42.7 Å². The number of nitrogens with two attached hydrogens (primary N) is 1. The monoisotopic (exact) mass is 277 g/mol. The summed E-state index contributed by atoms with van der Waals surface area (Å²) in [5.41, 5.74) is 8.26. The van der Waals surface area contributed by atoms with Crippen molar-refractivity contribution in [3.8, 4) is 0 Å². The zero-order valence-electron chi connectivity index (χ0n) is 9.56. The van der Waals surface area contributed by atoms with Crippen molar-refractivity contribution >= 4 is 34.5 Å². The van der Waals surface area contributed by atoms with Gasteiger partial charge >= 0.3 is 0 Å². The maximum absolute atomic E-state index is 6.09. The summed E-state index contributed by atoms with van der Waals surface area (Å²) in [5, 5.41) is 3.96. The zero-order chi connectivity index (χ0) is 13.0. The molecule has 2 rings (SSSR count). The molecule has 5 heteroatoms. The van der Waals surface area contributed by atoms with Gasteiger partial charge in [0.1, 0.15) is 4.99 Å². The minimum Gasteiger partial charge on any atom is -0.389 e. The van der Waals surface area contributed by atoms with Crippen LogP contribution in [0.5, 0.6) is 0 Å². The van der Waals surface area contributed by atoms with Gasteiger partial charge in [-0.3, -0.25) is 4.98 Å². The van der Waals surface area contributed by atoms with Gasteiger partial charge in [0, 0.05) is 23.3 Å². The van der Waals surface area contributed by atoms with E-state index in [9.17, 15) is 0 Å². The second-order valence-corrected chi connectivity index (χ2v) is 4.58. The van der Waals surface area contributed by atoms with Gasteiger partial charge in [-0.15, -0.1) is 0 Å². The number of rotatable bonds is 4. The Hall–Kier alpha value is -1.65. The molecule has 3 N–H and O–H groups in total. The molecule has 0 amide bonds. The second-order valence-electron chi connectivity index (χ2n) is 3.73. The van der Waals surface area contributed by atoms with E-state index >= 15 is 0 Å². The van der Waals surface area contributed by atoms with Crippen molar-refractivity contribution in [1.29, 1.82) is 0 Å². The zero-order valence-corrected chi connectivity index (χ0v) is 11.1. The van der Waals surface area contributed by atoms with Crippen LogP contribution in [0.2, 0.25) is 5.02 Å². The van der Waals surface area contributed by atoms with Crippen LogP contribution in [0.3, 0.4) is 0 Å². The molecule has 0 radical (unpaired) electrons. The molecule has 0 unspecified atom stereocenters. The maximum Gasteiger partial charge on any atom is 0.106 e. The van der Waals surface area contributed by atoms with E-state index in [0.717, 1.165) is 21.8 Å². The first-order valence-corrected chi connectivity index (χ1v) is 6.18. The predicted octanol–water partition coefficient (Wildman–Crippen LogP) is 2.98. The first kappa shape index (κ1) is 12.8. The lowest BCUT2D eigenvalue weighted by Crippen LogP contribution is -2.13. The number of nitrogens with zero attached hydrogens (tertiary/aromatic N) is 1. The lowest BCUT2D eigenvalue weighted by atomic mass is 10.2. The van der Waals surface area contributed by atoms with Gasteiger partial charge in [-0.25, -0.2) is 0 Å². The fourth-order valence-electron chi connectivity index (χ4n) is 1.58. The van der Waals surface area contributed by atoms with Crippen molar-refractivity contribution in [3.63, 3.8) is 0 Å². The Balaban J connectivity index is 2.16. The lowest BCUT2D eigenvalue weighted by molar-refractivity contribution is 1.13. The summed E-state index contributed by atoms with van der Waals surface area (Å²) in [7, 11) is 0. The number of thiocarbonyl (C=S) groups is 1. The van der Waals surface area contributed by atoms with E-state index in [1.54, 1.807) is 18.5 Å². The molecule has 92 valence electrons. The minimum absolute atomic E-state index is 0.346. The summed E-state index contributed by atoms with van der Waals surface area (Å²) in [4.78, 5) is 4.40. The molecule has 0 saturated heterocycles. The molecule has 0 fully saturated rings.